The number of nitrogens with one attached hydrogen (secondary N) is 11. The number of aromatic hydroxyl groups is 2. The SMILES string of the molecule is CC(C)C[C@H](NC(=O)[C@@H](CSCc1ccc(O)c2ncccc12)NC(=O)[C@H](Cc1ccc(O)cc1)NC(=O)[C@H](CO)NC(=O)[C@H](Cc1c[nH]c2ccccc12)NC(=O)[C@H](Cc1cnc[nH]1)NC(=O)[C@@H]1CCC(=O)N1)C(=O)N[C@@H](CCCN=C(N)N)C(=O)N1CCC[C@H]1C(=O)NCC(N)=O. The monoisotopic (exact) mass is 1380 g/mol. The van der Waals surface area contributed by atoms with Gasteiger partial charge in [0.05, 0.1) is 19.5 Å². The number of phenolic OH excluding ortho intramolecular Hbond substituents is 2. The summed E-state index contributed by atoms with van der Waals surface area (Å²) in [6, 6.07) is 6.95. The number of primary amides is 1. The van der Waals surface area contributed by atoms with E-state index in [1.165, 1.54) is 65.7 Å². The highest BCUT2D eigenvalue weighted by molar-refractivity contribution is 7.98. The van der Waals surface area contributed by atoms with E-state index in [1.54, 1.807) is 62.5 Å². The zero-order valence-electron chi connectivity index (χ0n) is 54.6. The lowest BCUT2D eigenvalue weighted by Gasteiger charge is -2.30. The van der Waals surface area contributed by atoms with E-state index in [-0.39, 0.29) is 112 Å². The number of nitrogens with zero attached hydrogens (tertiary/aromatic N) is 4. The summed E-state index contributed by atoms with van der Waals surface area (Å²) < 4.78 is 0. The maximum absolute atomic E-state index is 15.1. The Hall–Kier alpha value is -10.8. The second kappa shape index (κ2) is 35.4. The number of aliphatic imine (C=N–C) groups is 1. The van der Waals surface area contributed by atoms with Gasteiger partial charge in [-0.2, -0.15) is 11.8 Å². The van der Waals surface area contributed by atoms with E-state index in [0.29, 0.717) is 50.6 Å². The molecule has 3 aromatic heterocycles. The van der Waals surface area contributed by atoms with Crippen molar-refractivity contribution < 1.29 is 68.1 Å². The first-order valence-electron chi connectivity index (χ1n) is 32.3. The number of imidazole rings is 1. The summed E-state index contributed by atoms with van der Waals surface area (Å²) in [4.78, 5) is 173. The highest BCUT2D eigenvalue weighted by Gasteiger charge is 2.40. The van der Waals surface area contributed by atoms with Gasteiger partial charge in [-0.15, -0.1) is 0 Å². The average Bonchev–Trinajstić information content (AvgIpc) is 1.80. The van der Waals surface area contributed by atoms with Gasteiger partial charge in [-0.3, -0.25) is 62.7 Å². The van der Waals surface area contributed by atoms with Crippen molar-refractivity contribution in [2.45, 2.75) is 138 Å². The van der Waals surface area contributed by atoms with Crippen LogP contribution in [0.3, 0.4) is 0 Å². The van der Waals surface area contributed by atoms with Crippen molar-refractivity contribution in [3.8, 4) is 11.5 Å². The summed E-state index contributed by atoms with van der Waals surface area (Å²) in [5, 5.41) is 57.0. The van der Waals surface area contributed by atoms with Gasteiger partial charge in [0.1, 0.15) is 71.4 Å². The first-order valence-corrected chi connectivity index (χ1v) is 33.5. The highest BCUT2D eigenvalue weighted by atomic mass is 32.2. The third-order valence-corrected chi connectivity index (χ3v) is 17.8. The molecule has 3 aromatic carbocycles. The molecule has 99 heavy (non-hydrogen) atoms. The van der Waals surface area contributed by atoms with Crippen LogP contribution >= 0.6 is 11.8 Å². The number of aromatic amines is 2. The molecule has 5 heterocycles. The lowest BCUT2D eigenvalue weighted by Crippen LogP contribution is -2.61. The number of thioether (sulfide) groups is 1. The summed E-state index contributed by atoms with van der Waals surface area (Å²) in [6.07, 6.45) is 6.41. The van der Waals surface area contributed by atoms with Crippen LogP contribution in [0.15, 0.2) is 103 Å². The predicted octanol–water partition coefficient (Wildman–Crippen LogP) is -1.83. The number of hydrogen-bond acceptors (Lipinski definition) is 18. The number of phenols is 2. The number of hydrogen-bond donors (Lipinski definition) is 17. The molecule has 0 radical (unpaired) electrons. The summed E-state index contributed by atoms with van der Waals surface area (Å²) in [5.74, 6) is -9.33. The Morgan fingerprint density at radius 2 is 1.34 bits per heavy atom. The Balaban J connectivity index is 1.06. The Bertz CT molecular complexity index is 3900. The van der Waals surface area contributed by atoms with Crippen molar-refractivity contribution in [3.05, 3.63) is 120 Å². The molecule has 2 fully saturated rings. The molecular weight excluding hydrogens is 1300 g/mol. The van der Waals surface area contributed by atoms with Gasteiger partial charge >= 0.3 is 0 Å². The smallest absolute Gasteiger partial charge is 0.245 e. The maximum atomic E-state index is 15.1. The summed E-state index contributed by atoms with van der Waals surface area (Å²) >= 11 is 1.18. The second-order valence-electron chi connectivity index (χ2n) is 24.6. The van der Waals surface area contributed by atoms with E-state index in [9.17, 15) is 58.5 Å². The quantitative estimate of drug-likeness (QED) is 0.0118. The number of nitrogens with two attached hydrogens (primary N) is 3. The number of carbonyl (C=O) groups excluding carboxylic acids is 11. The summed E-state index contributed by atoms with van der Waals surface area (Å²) in [5.41, 5.74) is 19.5. The topological polar surface area (TPSA) is 508 Å². The average molecular weight is 1390 g/mol. The van der Waals surface area contributed by atoms with Crippen molar-refractivity contribution in [1.82, 2.24) is 72.7 Å². The minimum Gasteiger partial charge on any atom is -0.508 e. The molecule has 6 aromatic rings. The maximum Gasteiger partial charge on any atom is 0.245 e. The van der Waals surface area contributed by atoms with Gasteiger partial charge in [-0.25, -0.2) is 4.98 Å². The van der Waals surface area contributed by atoms with Crippen LogP contribution in [0.25, 0.3) is 21.8 Å². The molecular formula is C66H84N18O14S. The van der Waals surface area contributed by atoms with Crippen molar-refractivity contribution in [2.75, 3.05) is 32.0 Å². The van der Waals surface area contributed by atoms with Gasteiger partial charge in [0.2, 0.25) is 65.0 Å². The highest BCUT2D eigenvalue weighted by Crippen LogP contribution is 2.29. The van der Waals surface area contributed by atoms with Gasteiger partial charge in [-0.05, 0) is 91.5 Å². The van der Waals surface area contributed by atoms with Crippen LogP contribution in [-0.4, -0.2) is 197 Å². The fourth-order valence-corrected chi connectivity index (χ4v) is 12.7. The Morgan fingerprint density at radius 1 is 0.697 bits per heavy atom. The Morgan fingerprint density at radius 3 is 2.02 bits per heavy atom. The molecule has 11 amide bonds. The normalized spacial score (nSPS) is 16.4. The van der Waals surface area contributed by atoms with Crippen LogP contribution in [0.2, 0.25) is 0 Å². The van der Waals surface area contributed by atoms with E-state index < -0.39 is 127 Å². The van der Waals surface area contributed by atoms with Crippen molar-refractivity contribution in [3.63, 3.8) is 0 Å². The number of aliphatic hydroxyl groups is 1. The van der Waals surface area contributed by atoms with Crippen LogP contribution in [-0.2, 0) is 77.8 Å². The van der Waals surface area contributed by atoms with Gasteiger partial charge in [-0.1, -0.05) is 56.3 Å². The number of benzene rings is 3. The zero-order valence-corrected chi connectivity index (χ0v) is 55.4. The molecule has 20 N–H and O–H groups in total. The number of carbonyl (C=O) groups is 11. The van der Waals surface area contributed by atoms with Crippen molar-refractivity contribution >= 4 is 105 Å². The van der Waals surface area contributed by atoms with Crippen LogP contribution in [0.5, 0.6) is 11.5 Å². The molecule has 0 bridgehead atoms. The van der Waals surface area contributed by atoms with Gasteiger partial charge < -0.3 is 95.2 Å². The van der Waals surface area contributed by atoms with E-state index in [2.05, 4.69) is 72.8 Å². The molecule has 0 aliphatic carbocycles. The molecule has 0 saturated carbocycles. The standard InChI is InChI=1S/C66H84N18O14S/c1-35(2)24-46(58(91)77-45(11-6-22-72-66(68)69)65(98)84-23-7-12-52(84)64(97)74-30-54(67)88)78-63(96)51(33-99-32-37-15-19-53(87)56-42(37)9-5-21-71-56)83-59(92)47(25-36-13-16-40(86)17-14-36)79-62(95)50(31-85)82-60(93)48(26-38-28-73-43-10-4-3-8-41(38)43)80-61(94)49(27-39-29-70-34-75-39)81-57(90)44-18-20-55(89)76-44/h3-5,8-10,13-17,19,21,28-29,34-35,44-52,73,85-87H,6-7,11-12,18,20,22-27,30-33H2,1-2H3,(H2,67,88)(H,70,75)(H,74,97)(H,76,89)(H,77,91)(H,78,96)(H,79,95)(H,80,94)(H,81,90)(H,82,93)(H,83,92)(H4,68,69,72)/t44-,45-,46-,47-,48-,49-,50-,51+,52-/m0/s1. The molecule has 2 aliphatic heterocycles. The minimum atomic E-state index is -1.82. The number of aliphatic hydroxyl groups excluding tert-OH is 1. The number of pyridine rings is 1. The van der Waals surface area contributed by atoms with Gasteiger partial charge in [0.15, 0.2) is 5.96 Å². The number of guanidine groups is 1. The van der Waals surface area contributed by atoms with E-state index >= 15 is 9.59 Å². The molecule has 2 saturated heterocycles. The number of amides is 11. The molecule has 528 valence electrons. The second-order valence-corrected chi connectivity index (χ2v) is 25.6. The van der Waals surface area contributed by atoms with Crippen molar-refractivity contribution in [2.24, 2.45) is 28.1 Å². The molecule has 8 rings (SSSR count). The molecule has 0 unspecified atom stereocenters. The molecule has 33 heteroatoms. The Labute approximate surface area is 572 Å². The van der Waals surface area contributed by atoms with Gasteiger partial charge in [0, 0.05) is 90.9 Å². The fourth-order valence-electron chi connectivity index (χ4n) is 11.6. The number of likely N-dealkylation sites (tertiary alicyclic amines) is 1. The third kappa shape index (κ3) is 21.1. The summed E-state index contributed by atoms with van der Waals surface area (Å²) in [7, 11) is 0. The third-order valence-electron chi connectivity index (χ3n) is 16.7. The minimum absolute atomic E-state index is 0.00158. The van der Waals surface area contributed by atoms with E-state index in [1.807, 2.05) is 0 Å². The lowest BCUT2D eigenvalue weighted by molar-refractivity contribution is -0.142. The zero-order chi connectivity index (χ0) is 71.3. The Kier molecular flexibility index (Phi) is 26.5. The molecule has 0 spiro atoms. The van der Waals surface area contributed by atoms with Crippen LogP contribution in [0.4, 0.5) is 0 Å². The van der Waals surface area contributed by atoms with E-state index in [4.69, 9.17) is 17.2 Å². The molecule has 2 aliphatic rings. The first kappa shape index (κ1) is 74.0. The number of para-hydroxylation sites is 1. The first-order chi connectivity index (χ1) is 47.4. The number of rotatable bonds is 35. The lowest BCUT2D eigenvalue weighted by atomic mass is 10.0. The largest absolute Gasteiger partial charge is 0.508 e. The van der Waals surface area contributed by atoms with Crippen LogP contribution in [0.1, 0.15) is 81.2 Å². The molecule has 9 atom stereocenters. The van der Waals surface area contributed by atoms with Gasteiger partial charge in [0.25, 0.3) is 0 Å². The van der Waals surface area contributed by atoms with E-state index in [0.717, 1.165) is 0 Å². The van der Waals surface area contributed by atoms with Crippen LogP contribution < -0.4 is 65.1 Å². The molecule has 32 nitrogen and oxygen atoms in total. The fraction of sp³-hybridized carbons (Fsp3) is 0.424. The number of fused-ring (bicyclic) bond motifs is 2. The summed E-state index contributed by atoms with van der Waals surface area (Å²) in [6.45, 7) is 2.25. The van der Waals surface area contributed by atoms with Crippen LogP contribution in [0, 0.1) is 5.92 Å². The predicted molar refractivity (Wildman–Crippen MR) is 364 cm³/mol. The number of H-pyrrole nitrogens is 2. The number of aromatic nitrogens is 4. The van der Waals surface area contributed by atoms with Crippen molar-refractivity contribution in [1.29, 1.82) is 0 Å².